The summed E-state index contributed by atoms with van der Waals surface area (Å²) >= 11 is 12.7. The molecule has 0 saturated carbocycles. The fraction of sp³-hybridized carbons (Fsp3) is 0.105. The number of hydrogen-bond acceptors (Lipinski definition) is 6. The number of methoxy groups -OCH3 is 2. The minimum Gasteiger partial charge on any atom is -0.497 e. The molecular formula is C19H14Cl2O5S2. The fourth-order valence-corrected chi connectivity index (χ4v) is 5.24. The topological polar surface area (TPSA) is 69.7 Å². The van der Waals surface area contributed by atoms with Gasteiger partial charge < -0.3 is 9.47 Å². The van der Waals surface area contributed by atoms with Gasteiger partial charge in [-0.15, -0.1) is 0 Å². The molecule has 9 heteroatoms. The minimum atomic E-state index is -4.01. The van der Waals surface area contributed by atoms with E-state index in [9.17, 15) is 13.2 Å². The van der Waals surface area contributed by atoms with Crippen LogP contribution in [0.5, 0.6) is 11.5 Å². The molecular weight excluding hydrogens is 443 g/mol. The third-order valence-electron chi connectivity index (χ3n) is 3.91. The van der Waals surface area contributed by atoms with Crippen molar-refractivity contribution in [2.75, 3.05) is 14.2 Å². The quantitative estimate of drug-likeness (QED) is 0.538. The average molecular weight is 457 g/mol. The Balaban J connectivity index is 2.12. The van der Waals surface area contributed by atoms with E-state index in [0.29, 0.717) is 37.2 Å². The van der Waals surface area contributed by atoms with Crippen LogP contribution in [-0.4, -0.2) is 22.6 Å². The number of sulfone groups is 1. The zero-order valence-electron chi connectivity index (χ0n) is 14.7. The summed E-state index contributed by atoms with van der Waals surface area (Å²) in [6.07, 6.45) is 1.33. The molecule has 3 aromatic rings. The number of fused-ring (bicyclic) bond motifs is 1. The Morgan fingerprint density at radius 2 is 1.79 bits per heavy atom. The van der Waals surface area contributed by atoms with E-state index in [-0.39, 0.29) is 4.90 Å². The molecule has 0 unspecified atom stereocenters. The number of hydrogen-bond donors (Lipinski definition) is 0. The third kappa shape index (κ3) is 4.17. The van der Waals surface area contributed by atoms with Crippen LogP contribution < -0.4 is 14.2 Å². The summed E-state index contributed by atoms with van der Waals surface area (Å²) in [6.45, 7) is 0. The maximum Gasteiger partial charge on any atom is 0.251 e. The summed E-state index contributed by atoms with van der Waals surface area (Å²) < 4.78 is 36.0. The largest absolute Gasteiger partial charge is 0.497 e. The molecule has 0 fully saturated rings. The molecule has 0 saturated heterocycles. The second kappa shape index (κ2) is 8.13. The number of halogens is 2. The van der Waals surface area contributed by atoms with Crippen LogP contribution in [0, 0.1) is 0 Å². The Hall–Kier alpha value is -2.06. The molecule has 146 valence electrons. The van der Waals surface area contributed by atoms with Crippen molar-refractivity contribution in [1.29, 1.82) is 0 Å². The molecule has 0 bridgehead atoms. The van der Waals surface area contributed by atoms with Crippen molar-refractivity contribution < 1.29 is 17.9 Å². The van der Waals surface area contributed by atoms with Gasteiger partial charge in [0.2, 0.25) is 9.84 Å². The van der Waals surface area contributed by atoms with Gasteiger partial charge >= 0.3 is 0 Å². The third-order valence-corrected chi connectivity index (χ3v) is 6.97. The van der Waals surface area contributed by atoms with Crippen molar-refractivity contribution in [3.05, 3.63) is 67.0 Å². The molecule has 0 radical (unpaired) electrons. The van der Waals surface area contributed by atoms with E-state index in [1.807, 2.05) is 0 Å². The normalized spacial score (nSPS) is 11.9. The molecule has 0 aliphatic heterocycles. The van der Waals surface area contributed by atoms with Crippen molar-refractivity contribution in [2.24, 2.45) is 0 Å². The Morgan fingerprint density at radius 1 is 1.04 bits per heavy atom. The number of benzene rings is 2. The molecule has 3 rings (SSSR count). The van der Waals surface area contributed by atoms with E-state index in [1.54, 1.807) is 24.3 Å². The smallest absolute Gasteiger partial charge is 0.251 e. The highest BCUT2D eigenvalue weighted by molar-refractivity contribution is 7.94. The zero-order valence-corrected chi connectivity index (χ0v) is 17.9. The van der Waals surface area contributed by atoms with E-state index in [4.69, 9.17) is 32.7 Å². The Kier molecular flexibility index (Phi) is 6.00. The summed E-state index contributed by atoms with van der Waals surface area (Å²) in [5, 5.41) is 2.19. The van der Waals surface area contributed by atoms with Crippen LogP contribution >= 0.6 is 34.5 Å². The number of ether oxygens (including phenoxy) is 2. The minimum absolute atomic E-state index is 0.302. The molecule has 0 atom stereocenters. The van der Waals surface area contributed by atoms with Gasteiger partial charge in [0.05, 0.1) is 14.2 Å². The van der Waals surface area contributed by atoms with Crippen LogP contribution in [-0.2, 0) is 9.84 Å². The summed E-state index contributed by atoms with van der Waals surface area (Å²) in [5.41, 5.74) is 0.467. The Morgan fingerprint density at radius 3 is 2.43 bits per heavy atom. The van der Waals surface area contributed by atoms with Crippen molar-refractivity contribution in [1.82, 2.24) is 0 Å². The average Bonchev–Trinajstić information content (AvgIpc) is 2.65. The van der Waals surface area contributed by atoms with Crippen LogP contribution in [0.15, 0.2) is 51.5 Å². The summed E-state index contributed by atoms with van der Waals surface area (Å²) in [4.78, 5) is 12.1. The molecule has 1 heterocycles. The van der Waals surface area contributed by atoms with Gasteiger partial charge in [-0.2, -0.15) is 0 Å². The number of rotatable bonds is 5. The molecule has 0 spiro atoms. The SMILES string of the molecule is COc1cc(OC)c2cc(S(=O)(=O)C=Cc3ccc(Cl)cc3Cl)c(=O)sc2c1. The van der Waals surface area contributed by atoms with Gasteiger partial charge in [-0.3, -0.25) is 4.79 Å². The Bertz CT molecular complexity index is 1250. The molecule has 0 amide bonds. The standard InChI is InChI=1S/C19H14Cl2O5S2/c1-25-13-8-16(26-2)14-10-18(19(22)27-17(14)9-13)28(23,24)6-5-11-3-4-12(20)7-15(11)21/h3-10H,1-2H3. The monoisotopic (exact) mass is 456 g/mol. The summed E-state index contributed by atoms with van der Waals surface area (Å²) in [6, 6.07) is 9.28. The Labute approximate surface area is 175 Å². The maximum absolute atomic E-state index is 12.8. The first-order valence-electron chi connectivity index (χ1n) is 7.83. The van der Waals surface area contributed by atoms with E-state index in [2.05, 4.69) is 0 Å². The lowest BCUT2D eigenvalue weighted by atomic mass is 10.2. The molecule has 2 aromatic carbocycles. The lowest BCUT2D eigenvalue weighted by Gasteiger charge is -2.09. The van der Waals surface area contributed by atoms with Crippen LogP contribution in [0.1, 0.15) is 5.56 Å². The van der Waals surface area contributed by atoms with Crippen molar-refractivity contribution >= 4 is 60.5 Å². The first-order valence-corrected chi connectivity index (χ1v) is 10.9. The lowest BCUT2D eigenvalue weighted by Crippen LogP contribution is -2.10. The van der Waals surface area contributed by atoms with Crippen LogP contribution in [0.25, 0.3) is 16.2 Å². The van der Waals surface area contributed by atoms with E-state index in [1.165, 1.54) is 32.4 Å². The van der Waals surface area contributed by atoms with E-state index >= 15 is 0 Å². The molecule has 28 heavy (non-hydrogen) atoms. The summed E-state index contributed by atoms with van der Waals surface area (Å²) in [7, 11) is -1.06. The van der Waals surface area contributed by atoms with E-state index in [0.717, 1.165) is 16.7 Å². The first-order chi connectivity index (χ1) is 13.2. The van der Waals surface area contributed by atoms with Crippen molar-refractivity contribution in [3.8, 4) is 11.5 Å². The second-order valence-electron chi connectivity index (χ2n) is 5.65. The molecule has 0 aliphatic rings. The lowest BCUT2D eigenvalue weighted by molar-refractivity contribution is 0.398. The molecule has 0 aliphatic carbocycles. The van der Waals surface area contributed by atoms with Crippen LogP contribution in [0.4, 0.5) is 0 Å². The predicted molar refractivity (Wildman–Crippen MR) is 114 cm³/mol. The van der Waals surface area contributed by atoms with Crippen LogP contribution in [0.3, 0.4) is 0 Å². The first kappa shape index (κ1) is 20.7. The van der Waals surface area contributed by atoms with Gasteiger partial charge in [0.25, 0.3) is 4.74 Å². The highest BCUT2D eigenvalue weighted by Crippen LogP contribution is 2.33. The van der Waals surface area contributed by atoms with Gasteiger partial charge in [0, 0.05) is 31.6 Å². The van der Waals surface area contributed by atoms with Crippen LogP contribution in [0.2, 0.25) is 10.0 Å². The van der Waals surface area contributed by atoms with Gasteiger partial charge in [0.1, 0.15) is 16.4 Å². The van der Waals surface area contributed by atoms with Gasteiger partial charge in [-0.25, -0.2) is 8.42 Å². The van der Waals surface area contributed by atoms with Gasteiger partial charge in [0.15, 0.2) is 0 Å². The summed E-state index contributed by atoms with van der Waals surface area (Å²) in [5.74, 6) is 0.916. The predicted octanol–water partition coefficient (Wildman–Crippen LogP) is 5.03. The van der Waals surface area contributed by atoms with Gasteiger partial charge in [-0.05, 0) is 35.9 Å². The van der Waals surface area contributed by atoms with Crippen molar-refractivity contribution in [3.63, 3.8) is 0 Å². The highest BCUT2D eigenvalue weighted by atomic mass is 35.5. The highest BCUT2D eigenvalue weighted by Gasteiger charge is 2.19. The van der Waals surface area contributed by atoms with Gasteiger partial charge in [-0.1, -0.05) is 40.6 Å². The molecule has 0 N–H and O–H groups in total. The van der Waals surface area contributed by atoms with E-state index < -0.39 is 14.6 Å². The fourth-order valence-electron chi connectivity index (χ4n) is 2.50. The molecule has 1 aromatic heterocycles. The maximum atomic E-state index is 12.8. The van der Waals surface area contributed by atoms with Crippen molar-refractivity contribution in [2.45, 2.75) is 4.90 Å². The molecule has 5 nitrogen and oxygen atoms in total. The zero-order chi connectivity index (χ0) is 20.5. The second-order valence-corrected chi connectivity index (χ2v) is 9.31.